The molecule has 0 amide bonds. The van der Waals surface area contributed by atoms with Crippen LogP contribution >= 0.6 is 0 Å². The maximum Gasteiger partial charge on any atom is 0.715 e. The molecule has 0 saturated carbocycles. The number of para-hydroxylation sites is 2. The van der Waals surface area contributed by atoms with Crippen molar-refractivity contribution in [2.24, 2.45) is 0 Å². The molecule has 0 fully saturated rings. The van der Waals surface area contributed by atoms with Crippen molar-refractivity contribution in [3.63, 3.8) is 0 Å². The van der Waals surface area contributed by atoms with Crippen molar-refractivity contribution in [1.82, 2.24) is 0 Å². The van der Waals surface area contributed by atoms with Crippen LogP contribution in [0.5, 0.6) is 11.5 Å². The van der Waals surface area contributed by atoms with Gasteiger partial charge in [-0.3, -0.25) is 0 Å². The molecule has 236 valence electrons. The predicted octanol–water partition coefficient (Wildman–Crippen LogP) is 9.18. The van der Waals surface area contributed by atoms with E-state index in [2.05, 4.69) is 135 Å². The van der Waals surface area contributed by atoms with Crippen LogP contribution in [-0.2, 0) is 16.2 Å². The number of fused-ring (bicyclic) bond motifs is 5. The Hall–Kier alpha value is -4.42. The highest BCUT2D eigenvalue weighted by Crippen LogP contribution is 2.51. The zero-order valence-corrected chi connectivity index (χ0v) is 28.6. The highest BCUT2D eigenvalue weighted by Gasteiger charge is 2.72. The quantitative estimate of drug-likeness (QED) is 0.151. The van der Waals surface area contributed by atoms with Gasteiger partial charge in [0.15, 0.2) is 23.9 Å². The zero-order valence-electron chi connectivity index (χ0n) is 28.6. The van der Waals surface area contributed by atoms with Crippen molar-refractivity contribution < 1.29 is 18.6 Å². The number of nitrogens with zero attached hydrogens (tertiary/aromatic N) is 4. The second kappa shape index (κ2) is 11.1. The normalized spacial score (nSPS) is 17.9. The van der Waals surface area contributed by atoms with Crippen LogP contribution in [0.15, 0.2) is 48.5 Å². The molecule has 3 aromatic carbocycles. The van der Waals surface area contributed by atoms with E-state index >= 15 is 0 Å². The third-order valence-corrected chi connectivity index (χ3v) is 9.80. The first-order valence-electron chi connectivity index (χ1n) is 16.5. The fourth-order valence-corrected chi connectivity index (χ4v) is 7.10. The molecule has 46 heavy (non-hydrogen) atoms. The summed E-state index contributed by atoms with van der Waals surface area (Å²) >= 11 is 0. The van der Waals surface area contributed by atoms with Gasteiger partial charge in [0.25, 0.3) is 11.4 Å². The Balaban J connectivity index is 1.53. The van der Waals surface area contributed by atoms with Crippen molar-refractivity contribution in [2.45, 2.75) is 103 Å². The number of rotatable bonds is 7. The highest BCUT2D eigenvalue weighted by atomic mass is 16.7. The van der Waals surface area contributed by atoms with Gasteiger partial charge in [0, 0.05) is 30.5 Å². The summed E-state index contributed by atoms with van der Waals surface area (Å²) in [6, 6.07) is 16.2. The van der Waals surface area contributed by atoms with Gasteiger partial charge in [-0.2, -0.15) is 0 Å². The SMILES string of the molecule is [C-]#[N+]CCCC(C)(CCC[N+]#[C-])c1cc(C)c2c(c1)C=[N+]1c3ccccc3[N+]3=Cc4cc(C(C)(C)C)cc(C(C)(C)C)c4OC13O2. The lowest BCUT2D eigenvalue weighted by atomic mass is 9.74. The summed E-state index contributed by atoms with van der Waals surface area (Å²) in [4.78, 5) is 7.23. The maximum atomic E-state index is 7.31. The van der Waals surface area contributed by atoms with Gasteiger partial charge in [0.2, 0.25) is 13.1 Å². The van der Waals surface area contributed by atoms with Crippen molar-refractivity contribution in [2.75, 3.05) is 13.1 Å². The van der Waals surface area contributed by atoms with Crippen molar-refractivity contribution in [1.29, 1.82) is 0 Å². The van der Waals surface area contributed by atoms with Crippen LogP contribution in [0, 0.1) is 20.1 Å². The first-order chi connectivity index (χ1) is 21.7. The van der Waals surface area contributed by atoms with Crippen LogP contribution in [0.1, 0.15) is 108 Å². The first-order valence-corrected chi connectivity index (χ1v) is 16.5. The monoisotopic (exact) mass is 614 g/mol. The van der Waals surface area contributed by atoms with Gasteiger partial charge in [-0.1, -0.05) is 72.7 Å². The zero-order chi connectivity index (χ0) is 33.1. The number of hydrogen-bond donors (Lipinski definition) is 0. The molecule has 1 spiro atoms. The lowest BCUT2D eigenvalue weighted by Crippen LogP contribution is -2.59. The fraction of sp³-hybridized carbons (Fsp3) is 0.450. The molecule has 1 atom stereocenters. The van der Waals surface area contributed by atoms with Gasteiger partial charge >= 0.3 is 6.03 Å². The summed E-state index contributed by atoms with van der Waals surface area (Å²) in [5.74, 6) is 1.66. The van der Waals surface area contributed by atoms with Crippen LogP contribution < -0.4 is 9.47 Å². The third-order valence-electron chi connectivity index (χ3n) is 9.80. The Labute approximate surface area is 274 Å². The molecule has 3 aromatic rings. The maximum absolute atomic E-state index is 7.31. The molecule has 6 rings (SSSR count). The van der Waals surface area contributed by atoms with Crippen molar-refractivity contribution in [3.8, 4) is 11.5 Å². The van der Waals surface area contributed by atoms with E-state index in [9.17, 15) is 0 Å². The molecule has 3 heterocycles. The molecule has 3 aliphatic heterocycles. The predicted molar refractivity (Wildman–Crippen MR) is 184 cm³/mol. The average Bonchev–Trinajstić information content (AvgIpc) is 3.26. The number of aryl methyl sites for hydroxylation is 1. The van der Waals surface area contributed by atoms with E-state index in [1.165, 1.54) is 11.1 Å². The highest BCUT2D eigenvalue weighted by molar-refractivity contribution is 5.87. The molecular formula is C40H46N4O2+2. The molecule has 6 heteroatoms. The lowest BCUT2D eigenvalue weighted by molar-refractivity contribution is -0.831. The first kappa shape index (κ1) is 31.6. The molecule has 0 bridgehead atoms. The summed E-state index contributed by atoms with van der Waals surface area (Å²) in [7, 11) is 0. The molecule has 1 unspecified atom stereocenters. The second-order valence-corrected chi connectivity index (χ2v) is 15.4. The van der Waals surface area contributed by atoms with Crippen LogP contribution in [-0.4, -0.2) is 40.7 Å². The van der Waals surface area contributed by atoms with Crippen LogP contribution in [0.3, 0.4) is 0 Å². The van der Waals surface area contributed by atoms with Crippen LogP contribution in [0.4, 0.5) is 11.4 Å². The van der Waals surface area contributed by atoms with Gasteiger partial charge in [-0.15, -0.1) is 0 Å². The smallest absolute Gasteiger partial charge is 0.340 e. The Morgan fingerprint density at radius 3 is 1.74 bits per heavy atom. The van der Waals surface area contributed by atoms with Crippen LogP contribution in [0.25, 0.3) is 9.69 Å². The van der Waals surface area contributed by atoms with E-state index in [0.717, 1.165) is 70.8 Å². The van der Waals surface area contributed by atoms with E-state index in [1.807, 2.05) is 0 Å². The standard InChI is InChI=1S/C40H46N4O2/c1-27-21-31(39(8,17-13-19-41-9)18-14-20-42-10)23-28-25-43-33-15-11-12-16-34(33)44-26-29-22-30(37(2,3)4)24-32(38(5,6)7)36(29)46-40(43,44)45-35(27)28/h11-12,15-16,21-26H,13-14,17-20H2,1-8H3/q+2. The molecule has 6 nitrogen and oxygen atoms in total. The van der Waals surface area contributed by atoms with Gasteiger partial charge < -0.3 is 19.2 Å². The molecule has 3 aliphatic rings. The Kier molecular flexibility index (Phi) is 7.63. The summed E-state index contributed by atoms with van der Waals surface area (Å²) in [5, 5.41) is 0. The van der Waals surface area contributed by atoms with Gasteiger partial charge in [-0.25, -0.2) is 13.1 Å². The number of hydrogen-bond acceptors (Lipinski definition) is 2. The van der Waals surface area contributed by atoms with Crippen molar-refractivity contribution >= 4 is 23.8 Å². The molecule has 0 aliphatic carbocycles. The number of ether oxygens (including phenoxy) is 2. The van der Waals surface area contributed by atoms with E-state index in [0.29, 0.717) is 13.1 Å². The molecule has 0 N–H and O–H groups in total. The Morgan fingerprint density at radius 2 is 1.22 bits per heavy atom. The Morgan fingerprint density at radius 1 is 0.696 bits per heavy atom. The minimum absolute atomic E-state index is 0.0176. The molecule has 0 aromatic heterocycles. The van der Waals surface area contributed by atoms with Gasteiger partial charge in [-0.05, 0) is 74.0 Å². The summed E-state index contributed by atoms with van der Waals surface area (Å²) in [6.07, 6.45) is 7.86. The largest absolute Gasteiger partial charge is 0.715 e. The van der Waals surface area contributed by atoms with Gasteiger partial charge in [0.1, 0.15) is 0 Å². The van der Waals surface area contributed by atoms with Crippen LogP contribution in [0.2, 0.25) is 0 Å². The van der Waals surface area contributed by atoms with E-state index in [1.54, 1.807) is 0 Å². The summed E-state index contributed by atoms with van der Waals surface area (Å²) in [5.41, 5.74) is 8.49. The minimum atomic E-state index is -1.24. The van der Waals surface area contributed by atoms with Gasteiger partial charge in [0.05, 0.1) is 11.1 Å². The molecular weight excluding hydrogens is 568 g/mol. The summed E-state index contributed by atoms with van der Waals surface area (Å²) < 4.78 is 18.6. The topological polar surface area (TPSA) is 33.2 Å². The van der Waals surface area contributed by atoms with E-state index in [4.69, 9.17) is 22.6 Å². The summed E-state index contributed by atoms with van der Waals surface area (Å²) in [6.45, 7) is 33.6. The minimum Gasteiger partial charge on any atom is -0.340 e. The van der Waals surface area contributed by atoms with E-state index < -0.39 is 6.03 Å². The Bertz CT molecular complexity index is 1850. The molecule has 0 radical (unpaired) electrons. The lowest BCUT2D eigenvalue weighted by Gasteiger charge is -2.33. The average molecular weight is 615 g/mol. The molecule has 0 saturated heterocycles. The third kappa shape index (κ3) is 5.19. The fourth-order valence-electron chi connectivity index (χ4n) is 7.10. The second-order valence-electron chi connectivity index (χ2n) is 15.4. The number of benzene rings is 3. The van der Waals surface area contributed by atoms with E-state index in [-0.39, 0.29) is 16.2 Å². The van der Waals surface area contributed by atoms with Crippen molar-refractivity contribution in [3.05, 3.63) is 105 Å².